The first kappa shape index (κ1) is 20.4. The molecule has 1 aromatic rings. The van der Waals surface area contributed by atoms with E-state index in [4.69, 9.17) is 24.4 Å². The molecule has 7 nitrogen and oxygen atoms in total. The van der Waals surface area contributed by atoms with E-state index >= 15 is 0 Å². The number of hydrogen-bond acceptors (Lipinski definition) is 7. The molecular weight excluding hydrogens is 304 g/mol. The molecular formula is C16H20O7. The Labute approximate surface area is 134 Å². The molecule has 0 saturated heterocycles. The van der Waals surface area contributed by atoms with E-state index in [1.807, 2.05) is 6.07 Å². The number of rotatable bonds is 8. The Morgan fingerprint density at radius 3 is 2.09 bits per heavy atom. The lowest BCUT2D eigenvalue weighted by atomic mass is 10.3. The summed E-state index contributed by atoms with van der Waals surface area (Å²) < 4.78 is 15.1. The van der Waals surface area contributed by atoms with Crippen LogP contribution in [-0.2, 0) is 19.1 Å². The van der Waals surface area contributed by atoms with E-state index in [0.29, 0.717) is 5.75 Å². The van der Waals surface area contributed by atoms with Gasteiger partial charge in [0, 0.05) is 12.2 Å². The number of para-hydroxylation sites is 1. The summed E-state index contributed by atoms with van der Waals surface area (Å²) >= 11 is 0. The first-order valence-corrected chi connectivity index (χ1v) is 6.63. The molecule has 1 rings (SSSR count). The second-order valence-corrected chi connectivity index (χ2v) is 3.78. The highest BCUT2D eigenvalue weighted by atomic mass is 16.7. The summed E-state index contributed by atoms with van der Waals surface area (Å²) in [4.78, 5) is 22.1. The Kier molecular flexibility index (Phi) is 11.6. The van der Waals surface area contributed by atoms with E-state index in [-0.39, 0.29) is 19.8 Å². The van der Waals surface area contributed by atoms with Crippen LogP contribution in [-0.4, -0.2) is 48.3 Å². The lowest BCUT2D eigenvalue weighted by molar-refractivity contribution is -0.170. The molecule has 0 aliphatic rings. The molecule has 0 amide bonds. The molecule has 1 unspecified atom stereocenters. The van der Waals surface area contributed by atoms with Crippen LogP contribution in [0.2, 0.25) is 0 Å². The van der Waals surface area contributed by atoms with Gasteiger partial charge in [0.15, 0.2) is 6.61 Å². The first-order valence-electron chi connectivity index (χ1n) is 6.63. The van der Waals surface area contributed by atoms with Crippen molar-refractivity contribution in [2.75, 3.05) is 19.8 Å². The quantitative estimate of drug-likeness (QED) is 0.414. The summed E-state index contributed by atoms with van der Waals surface area (Å²) in [6, 6.07) is 8.71. The summed E-state index contributed by atoms with van der Waals surface area (Å²) in [5.41, 5.74) is 0. The maximum atomic E-state index is 11.1. The zero-order valence-electron chi connectivity index (χ0n) is 12.6. The Morgan fingerprint density at radius 2 is 1.61 bits per heavy atom. The van der Waals surface area contributed by atoms with Crippen molar-refractivity contribution < 1.29 is 34.0 Å². The Morgan fingerprint density at radius 1 is 1.04 bits per heavy atom. The van der Waals surface area contributed by atoms with E-state index < -0.39 is 18.2 Å². The predicted octanol–water partition coefficient (Wildman–Crippen LogP) is 0.821. The highest BCUT2D eigenvalue weighted by Gasteiger charge is 2.16. The van der Waals surface area contributed by atoms with E-state index in [9.17, 15) is 9.59 Å². The fourth-order valence-electron chi connectivity index (χ4n) is 1.13. The van der Waals surface area contributed by atoms with E-state index in [0.717, 1.165) is 12.2 Å². The van der Waals surface area contributed by atoms with E-state index in [1.54, 1.807) is 24.3 Å². The van der Waals surface area contributed by atoms with Crippen LogP contribution in [0.5, 0.6) is 5.75 Å². The average Bonchev–Trinajstić information content (AvgIpc) is 2.60. The van der Waals surface area contributed by atoms with Crippen molar-refractivity contribution in [3.8, 4) is 5.75 Å². The van der Waals surface area contributed by atoms with Gasteiger partial charge in [-0.15, -0.1) is 0 Å². The van der Waals surface area contributed by atoms with Gasteiger partial charge in [-0.1, -0.05) is 31.4 Å². The average molecular weight is 324 g/mol. The van der Waals surface area contributed by atoms with Crippen molar-refractivity contribution in [3.63, 3.8) is 0 Å². The van der Waals surface area contributed by atoms with Gasteiger partial charge in [0.25, 0.3) is 6.29 Å². The molecule has 0 fully saturated rings. The fourth-order valence-corrected chi connectivity index (χ4v) is 1.13. The SMILES string of the molecule is C=CC(=O)OCC(OC(=O)C=C)Oc1ccccc1.OCCO. The third-order valence-corrected chi connectivity index (χ3v) is 2.05. The third kappa shape index (κ3) is 10.7. The van der Waals surface area contributed by atoms with Gasteiger partial charge in [-0.2, -0.15) is 0 Å². The van der Waals surface area contributed by atoms with E-state index in [1.165, 1.54) is 0 Å². The number of aliphatic hydroxyl groups excluding tert-OH is 2. The monoisotopic (exact) mass is 324 g/mol. The Balaban J connectivity index is 0.00000108. The second-order valence-electron chi connectivity index (χ2n) is 3.78. The van der Waals surface area contributed by atoms with Crippen LogP contribution in [0.15, 0.2) is 55.6 Å². The lowest BCUT2D eigenvalue weighted by Crippen LogP contribution is -2.29. The smallest absolute Gasteiger partial charge is 0.333 e. The van der Waals surface area contributed by atoms with Crippen molar-refractivity contribution in [3.05, 3.63) is 55.6 Å². The molecule has 0 radical (unpaired) electrons. The predicted molar refractivity (Wildman–Crippen MR) is 82.5 cm³/mol. The highest BCUT2D eigenvalue weighted by molar-refractivity contribution is 5.82. The maximum absolute atomic E-state index is 11.1. The van der Waals surface area contributed by atoms with Gasteiger partial charge in [-0.25, -0.2) is 9.59 Å². The van der Waals surface area contributed by atoms with Gasteiger partial charge in [0.1, 0.15) is 5.75 Å². The molecule has 0 bridgehead atoms. The van der Waals surface area contributed by atoms with Gasteiger partial charge in [-0.3, -0.25) is 0 Å². The standard InChI is InChI=1S/C14H14O5.C2H6O2/c1-3-12(15)17-10-14(19-13(16)4-2)18-11-8-6-5-7-9-11;3-1-2-4/h3-9,14H,1-2,10H2;3-4H,1-2H2. The zero-order valence-corrected chi connectivity index (χ0v) is 12.6. The molecule has 0 heterocycles. The number of hydrogen-bond donors (Lipinski definition) is 2. The van der Waals surface area contributed by atoms with Crippen molar-refractivity contribution in [1.29, 1.82) is 0 Å². The van der Waals surface area contributed by atoms with Crippen LogP contribution in [0.25, 0.3) is 0 Å². The first-order chi connectivity index (χ1) is 11.1. The van der Waals surface area contributed by atoms with Crippen molar-refractivity contribution in [1.82, 2.24) is 0 Å². The molecule has 2 N–H and O–H groups in total. The molecule has 0 aromatic heterocycles. The number of carbonyl (C=O) groups excluding carboxylic acids is 2. The second kappa shape index (κ2) is 13.1. The lowest BCUT2D eigenvalue weighted by Gasteiger charge is -2.18. The number of benzene rings is 1. The fraction of sp³-hybridized carbons (Fsp3) is 0.250. The van der Waals surface area contributed by atoms with E-state index in [2.05, 4.69) is 13.2 Å². The van der Waals surface area contributed by atoms with Crippen molar-refractivity contribution in [2.24, 2.45) is 0 Å². The van der Waals surface area contributed by atoms with Crippen molar-refractivity contribution in [2.45, 2.75) is 6.29 Å². The molecule has 23 heavy (non-hydrogen) atoms. The largest absolute Gasteiger partial charge is 0.455 e. The van der Waals surface area contributed by atoms with Crippen LogP contribution in [0.4, 0.5) is 0 Å². The summed E-state index contributed by atoms with van der Waals surface area (Å²) in [6.07, 6.45) is 0.961. The number of esters is 2. The summed E-state index contributed by atoms with van der Waals surface area (Å²) in [6.45, 7) is 6.05. The summed E-state index contributed by atoms with van der Waals surface area (Å²) in [7, 11) is 0. The maximum Gasteiger partial charge on any atom is 0.333 e. The van der Waals surface area contributed by atoms with Crippen LogP contribution < -0.4 is 4.74 Å². The Hall–Kier alpha value is -2.64. The van der Waals surface area contributed by atoms with Gasteiger partial charge < -0.3 is 24.4 Å². The number of aliphatic hydroxyl groups is 2. The van der Waals surface area contributed by atoms with Crippen LogP contribution in [0.3, 0.4) is 0 Å². The molecule has 7 heteroatoms. The van der Waals surface area contributed by atoms with Gasteiger partial charge in [-0.05, 0) is 12.1 Å². The minimum atomic E-state index is -1.04. The molecule has 1 aromatic carbocycles. The van der Waals surface area contributed by atoms with Crippen LogP contribution in [0, 0.1) is 0 Å². The molecule has 0 saturated carbocycles. The number of carbonyl (C=O) groups is 2. The topological polar surface area (TPSA) is 102 Å². The molecule has 0 spiro atoms. The third-order valence-electron chi connectivity index (χ3n) is 2.05. The highest BCUT2D eigenvalue weighted by Crippen LogP contribution is 2.12. The molecule has 126 valence electrons. The van der Waals surface area contributed by atoms with Gasteiger partial charge >= 0.3 is 11.9 Å². The minimum absolute atomic E-state index is 0.125. The number of ether oxygens (including phenoxy) is 3. The molecule has 0 aliphatic carbocycles. The summed E-state index contributed by atoms with van der Waals surface area (Å²) in [5, 5.41) is 15.2. The van der Waals surface area contributed by atoms with Gasteiger partial charge in [0.05, 0.1) is 13.2 Å². The van der Waals surface area contributed by atoms with Crippen molar-refractivity contribution >= 4 is 11.9 Å². The zero-order chi connectivity index (χ0) is 17.5. The molecule has 1 atom stereocenters. The molecule has 0 aliphatic heterocycles. The van der Waals surface area contributed by atoms with Gasteiger partial charge in [0.2, 0.25) is 0 Å². The van der Waals surface area contributed by atoms with Crippen LogP contribution >= 0.6 is 0 Å². The van der Waals surface area contributed by atoms with Crippen LogP contribution in [0.1, 0.15) is 0 Å². The normalized spacial score (nSPS) is 10.3. The summed E-state index contributed by atoms with van der Waals surface area (Å²) in [5.74, 6) is -0.814. The Bertz CT molecular complexity index is 482. The minimum Gasteiger partial charge on any atom is -0.455 e.